The fourth-order valence-electron chi connectivity index (χ4n) is 2.78. The predicted octanol–water partition coefficient (Wildman–Crippen LogP) is 3.18. The third kappa shape index (κ3) is 3.16. The monoisotopic (exact) mass is 213 g/mol. The van der Waals surface area contributed by atoms with Crippen LogP contribution in [-0.2, 0) is 0 Å². The lowest BCUT2D eigenvalue weighted by Gasteiger charge is -2.26. The van der Waals surface area contributed by atoms with Crippen LogP contribution in [0, 0.1) is 5.92 Å². The van der Waals surface area contributed by atoms with Gasteiger partial charge in [-0.1, -0.05) is 19.3 Å². The van der Waals surface area contributed by atoms with Gasteiger partial charge in [0.15, 0.2) is 0 Å². The molecule has 0 heterocycles. The first-order valence-corrected chi connectivity index (χ1v) is 7.26. The first-order valence-electron chi connectivity index (χ1n) is 6.22. The number of thioether (sulfide) groups is 1. The highest BCUT2D eigenvalue weighted by Gasteiger charge is 2.22. The average Bonchev–Trinajstić information content (AvgIpc) is 2.67. The summed E-state index contributed by atoms with van der Waals surface area (Å²) in [7, 11) is 0. The van der Waals surface area contributed by atoms with Crippen LogP contribution in [0.15, 0.2) is 0 Å². The van der Waals surface area contributed by atoms with Crippen LogP contribution >= 0.6 is 11.8 Å². The molecule has 0 amide bonds. The molecule has 0 saturated heterocycles. The van der Waals surface area contributed by atoms with Crippen molar-refractivity contribution >= 4 is 11.8 Å². The molecule has 2 atom stereocenters. The third-order valence-electron chi connectivity index (χ3n) is 3.71. The molecule has 2 aliphatic carbocycles. The fraction of sp³-hybridized carbons (Fsp3) is 1.00. The zero-order chi connectivity index (χ0) is 9.80. The van der Waals surface area contributed by atoms with Gasteiger partial charge in [-0.15, -0.1) is 0 Å². The Balaban J connectivity index is 1.64. The van der Waals surface area contributed by atoms with E-state index in [-0.39, 0.29) is 0 Å². The maximum absolute atomic E-state index is 6.00. The lowest BCUT2D eigenvalue weighted by Crippen LogP contribution is -2.29. The molecule has 0 aliphatic heterocycles. The molecule has 2 saturated carbocycles. The summed E-state index contributed by atoms with van der Waals surface area (Å²) in [6.45, 7) is 0. The summed E-state index contributed by atoms with van der Waals surface area (Å²) in [5, 5.41) is 0.888. The first-order chi connectivity index (χ1) is 6.84. The van der Waals surface area contributed by atoms with E-state index in [0.717, 1.165) is 11.2 Å². The van der Waals surface area contributed by atoms with E-state index in [1.54, 1.807) is 0 Å². The Hall–Kier alpha value is 0.310. The van der Waals surface area contributed by atoms with Crippen molar-refractivity contribution in [2.24, 2.45) is 11.7 Å². The minimum atomic E-state index is 0.504. The Morgan fingerprint density at radius 3 is 2.50 bits per heavy atom. The van der Waals surface area contributed by atoms with Gasteiger partial charge in [-0.3, -0.25) is 0 Å². The lowest BCUT2D eigenvalue weighted by molar-refractivity contribution is 0.450. The van der Waals surface area contributed by atoms with Gasteiger partial charge >= 0.3 is 0 Å². The standard InChI is InChI=1S/C12H23NS/c13-11-6-3-7-12(8-11)14-9-10-4-1-2-5-10/h10-12H,1-9,13H2. The largest absolute Gasteiger partial charge is 0.328 e. The zero-order valence-corrected chi connectivity index (χ0v) is 9.90. The summed E-state index contributed by atoms with van der Waals surface area (Å²) in [5.74, 6) is 2.45. The van der Waals surface area contributed by atoms with Gasteiger partial charge in [0.1, 0.15) is 0 Å². The minimum absolute atomic E-state index is 0.504. The highest BCUT2D eigenvalue weighted by Crippen LogP contribution is 2.33. The van der Waals surface area contributed by atoms with E-state index in [9.17, 15) is 0 Å². The van der Waals surface area contributed by atoms with Gasteiger partial charge in [0.2, 0.25) is 0 Å². The molecule has 2 aliphatic rings. The van der Waals surface area contributed by atoms with Crippen LogP contribution in [0.5, 0.6) is 0 Å². The van der Waals surface area contributed by atoms with Crippen LogP contribution in [0.4, 0.5) is 0 Å². The molecule has 82 valence electrons. The number of nitrogens with two attached hydrogens (primary N) is 1. The highest BCUT2D eigenvalue weighted by molar-refractivity contribution is 7.99. The molecular formula is C12H23NS. The van der Waals surface area contributed by atoms with Crippen molar-refractivity contribution in [2.45, 2.75) is 62.7 Å². The van der Waals surface area contributed by atoms with Crippen molar-refractivity contribution in [2.75, 3.05) is 5.75 Å². The smallest absolute Gasteiger partial charge is 0.00618 e. The molecule has 1 nitrogen and oxygen atoms in total. The lowest BCUT2D eigenvalue weighted by atomic mass is 9.96. The summed E-state index contributed by atoms with van der Waals surface area (Å²) in [5.41, 5.74) is 6.00. The quantitative estimate of drug-likeness (QED) is 0.779. The summed E-state index contributed by atoms with van der Waals surface area (Å²) in [6, 6.07) is 0.504. The topological polar surface area (TPSA) is 26.0 Å². The molecule has 0 aromatic carbocycles. The Labute approximate surface area is 92.2 Å². The van der Waals surface area contributed by atoms with Crippen LogP contribution in [0.1, 0.15) is 51.4 Å². The Kier molecular flexibility index (Phi) is 4.18. The van der Waals surface area contributed by atoms with Gasteiger partial charge in [0.25, 0.3) is 0 Å². The van der Waals surface area contributed by atoms with E-state index in [1.807, 2.05) is 0 Å². The van der Waals surface area contributed by atoms with E-state index < -0.39 is 0 Å². The molecule has 2 unspecified atom stereocenters. The van der Waals surface area contributed by atoms with Crippen molar-refractivity contribution in [1.82, 2.24) is 0 Å². The minimum Gasteiger partial charge on any atom is -0.328 e. The van der Waals surface area contributed by atoms with Crippen LogP contribution in [0.3, 0.4) is 0 Å². The summed E-state index contributed by atoms with van der Waals surface area (Å²) < 4.78 is 0. The normalized spacial score (nSPS) is 34.9. The predicted molar refractivity (Wildman–Crippen MR) is 64.6 cm³/mol. The molecule has 0 aromatic rings. The van der Waals surface area contributed by atoms with Gasteiger partial charge in [-0.2, -0.15) is 11.8 Å². The molecular weight excluding hydrogens is 190 g/mol. The maximum Gasteiger partial charge on any atom is 0.00618 e. The van der Waals surface area contributed by atoms with E-state index in [1.165, 1.54) is 57.1 Å². The molecule has 14 heavy (non-hydrogen) atoms. The van der Waals surface area contributed by atoms with Gasteiger partial charge in [-0.05, 0) is 43.8 Å². The number of rotatable bonds is 3. The maximum atomic E-state index is 6.00. The summed E-state index contributed by atoms with van der Waals surface area (Å²) in [6.07, 6.45) is 11.3. The van der Waals surface area contributed by atoms with Crippen LogP contribution < -0.4 is 5.73 Å². The Morgan fingerprint density at radius 1 is 1.00 bits per heavy atom. The van der Waals surface area contributed by atoms with Crippen molar-refractivity contribution in [3.63, 3.8) is 0 Å². The molecule has 0 radical (unpaired) electrons. The van der Waals surface area contributed by atoms with Crippen molar-refractivity contribution < 1.29 is 0 Å². The second kappa shape index (κ2) is 5.41. The molecule has 2 rings (SSSR count). The van der Waals surface area contributed by atoms with E-state index >= 15 is 0 Å². The third-order valence-corrected chi connectivity index (χ3v) is 5.27. The molecule has 0 bridgehead atoms. The van der Waals surface area contributed by atoms with Gasteiger partial charge in [-0.25, -0.2) is 0 Å². The van der Waals surface area contributed by atoms with E-state index in [2.05, 4.69) is 11.8 Å². The van der Waals surface area contributed by atoms with Crippen LogP contribution in [-0.4, -0.2) is 17.0 Å². The van der Waals surface area contributed by atoms with Gasteiger partial charge in [0, 0.05) is 11.3 Å². The average molecular weight is 213 g/mol. The number of hydrogen-bond acceptors (Lipinski definition) is 2. The highest BCUT2D eigenvalue weighted by atomic mass is 32.2. The number of hydrogen-bond donors (Lipinski definition) is 1. The Morgan fingerprint density at radius 2 is 1.79 bits per heavy atom. The van der Waals surface area contributed by atoms with Crippen LogP contribution in [0.2, 0.25) is 0 Å². The SMILES string of the molecule is NC1CCCC(SCC2CCCC2)C1. The van der Waals surface area contributed by atoms with Crippen molar-refractivity contribution in [1.29, 1.82) is 0 Å². The van der Waals surface area contributed by atoms with Crippen molar-refractivity contribution in [3.05, 3.63) is 0 Å². The summed E-state index contributed by atoms with van der Waals surface area (Å²) in [4.78, 5) is 0. The van der Waals surface area contributed by atoms with Crippen LogP contribution in [0.25, 0.3) is 0 Å². The first kappa shape index (κ1) is 10.8. The van der Waals surface area contributed by atoms with Crippen molar-refractivity contribution in [3.8, 4) is 0 Å². The zero-order valence-electron chi connectivity index (χ0n) is 9.08. The molecule has 0 aromatic heterocycles. The molecule has 0 spiro atoms. The Bertz CT molecular complexity index is 166. The second-order valence-electron chi connectivity index (χ2n) is 5.03. The van der Waals surface area contributed by atoms with E-state index in [4.69, 9.17) is 5.73 Å². The fourth-order valence-corrected chi connectivity index (χ4v) is 4.38. The molecule has 2 N–H and O–H groups in total. The van der Waals surface area contributed by atoms with E-state index in [0.29, 0.717) is 6.04 Å². The molecule has 2 heteroatoms. The second-order valence-corrected chi connectivity index (χ2v) is 6.37. The van der Waals surface area contributed by atoms with Gasteiger partial charge in [0.05, 0.1) is 0 Å². The molecule has 2 fully saturated rings. The summed E-state index contributed by atoms with van der Waals surface area (Å²) >= 11 is 2.22. The van der Waals surface area contributed by atoms with Gasteiger partial charge < -0.3 is 5.73 Å².